The van der Waals surface area contributed by atoms with Crippen molar-refractivity contribution in [2.24, 2.45) is 0 Å². The van der Waals surface area contributed by atoms with Gasteiger partial charge >= 0.3 is 0 Å². The molecule has 19 heavy (non-hydrogen) atoms. The molecule has 2 aromatic carbocycles. The van der Waals surface area contributed by atoms with Gasteiger partial charge in [0.25, 0.3) is 0 Å². The second kappa shape index (κ2) is 4.96. The standard InChI is InChI=1S/C17H20O2/c1-17(2,3)13-8-9-16(18)15(11-13)12-6-5-7-14(10-12)19-4/h5-11,18H,1-4H3. The van der Waals surface area contributed by atoms with Crippen molar-refractivity contribution in [3.8, 4) is 22.6 Å². The fourth-order valence-electron chi connectivity index (χ4n) is 2.02. The van der Waals surface area contributed by atoms with Crippen LogP contribution in [0.5, 0.6) is 11.5 Å². The van der Waals surface area contributed by atoms with Crippen LogP contribution in [-0.4, -0.2) is 12.2 Å². The van der Waals surface area contributed by atoms with Gasteiger partial charge in [-0.05, 0) is 40.8 Å². The van der Waals surface area contributed by atoms with Crippen molar-refractivity contribution in [2.75, 3.05) is 7.11 Å². The summed E-state index contributed by atoms with van der Waals surface area (Å²) in [7, 11) is 1.64. The molecular formula is C17H20O2. The number of hydrogen-bond donors (Lipinski definition) is 1. The maximum absolute atomic E-state index is 10.1. The first kappa shape index (κ1) is 13.5. The third kappa shape index (κ3) is 2.90. The summed E-state index contributed by atoms with van der Waals surface area (Å²) in [5.74, 6) is 1.08. The predicted molar refractivity (Wildman–Crippen MR) is 78.8 cm³/mol. The van der Waals surface area contributed by atoms with Crippen molar-refractivity contribution < 1.29 is 9.84 Å². The summed E-state index contributed by atoms with van der Waals surface area (Å²) in [6.07, 6.45) is 0. The van der Waals surface area contributed by atoms with Crippen LogP contribution in [0, 0.1) is 0 Å². The lowest BCUT2D eigenvalue weighted by atomic mass is 9.85. The molecule has 2 nitrogen and oxygen atoms in total. The molecule has 100 valence electrons. The SMILES string of the molecule is COc1cccc(-c2cc(C(C)(C)C)ccc2O)c1. The lowest BCUT2D eigenvalue weighted by Gasteiger charge is -2.20. The molecule has 0 aromatic heterocycles. The van der Waals surface area contributed by atoms with E-state index in [2.05, 4.69) is 20.8 Å². The van der Waals surface area contributed by atoms with Gasteiger partial charge in [-0.25, -0.2) is 0 Å². The van der Waals surface area contributed by atoms with Crippen LogP contribution < -0.4 is 4.74 Å². The van der Waals surface area contributed by atoms with Gasteiger partial charge in [0.1, 0.15) is 11.5 Å². The highest BCUT2D eigenvalue weighted by Gasteiger charge is 2.16. The minimum Gasteiger partial charge on any atom is -0.507 e. The molecular weight excluding hydrogens is 236 g/mol. The fraction of sp³-hybridized carbons (Fsp3) is 0.294. The molecule has 0 fully saturated rings. The highest BCUT2D eigenvalue weighted by Crippen LogP contribution is 2.35. The number of methoxy groups -OCH3 is 1. The summed E-state index contributed by atoms with van der Waals surface area (Å²) in [5.41, 5.74) is 3.05. The van der Waals surface area contributed by atoms with Crippen molar-refractivity contribution in [3.05, 3.63) is 48.0 Å². The van der Waals surface area contributed by atoms with E-state index in [4.69, 9.17) is 4.74 Å². The highest BCUT2D eigenvalue weighted by atomic mass is 16.5. The van der Waals surface area contributed by atoms with Crippen LogP contribution in [0.15, 0.2) is 42.5 Å². The Morgan fingerprint density at radius 3 is 2.37 bits per heavy atom. The van der Waals surface area contributed by atoms with Gasteiger partial charge in [-0.15, -0.1) is 0 Å². The van der Waals surface area contributed by atoms with E-state index in [-0.39, 0.29) is 5.41 Å². The van der Waals surface area contributed by atoms with Crippen LogP contribution in [0.25, 0.3) is 11.1 Å². The molecule has 0 saturated heterocycles. The zero-order chi connectivity index (χ0) is 14.0. The molecule has 0 aliphatic heterocycles. The number of rotatable bonds is 2. The van der Waals surface area contributed by atoms with E-state index < -0.39 is 0 Å². The smallest absolute Gasteiger partial charge is 0.123 e. The number of benzene rings is 2. The van der Waals surface area contributed by atoms with Crippen LogP contribution in [0.2, 0.25) is 0 Å². The first-order valence-corrected chi connectivity index (χ1v) is 6.40. The summed E-state index contributed by atoms with van der Waals surface area (Å²) in [6, 6.07) is 13.5. The Balaban J connectivity index is 2.54. The fourth-order valence-corrected chi connectivity index (χ4v) is 2.02. The zero-order valence-electron chi connectivity index (χ0n) is 11.9. The maximum Gasteiger partial charge on any atom is 0.123 e. The van der Waals surface area contributed by atoms with Crippen molar-refractivity contribution in [1.82, 2.24) is 0 Å². The van der Waals surface area contributed by atoms with E-state index in [1.54, 1.807) is 13.2 Å². The minimum atomic E-state index is 0.0569. The minimum absolute atomic E-state index is 0.0569. The molecule has 0 radical (unpaired) electrons. The Labute approximate surface area is 114 Å². The molecule has 0 amide bonds. The van der Waals surface area contributed by atoms with E-state index in [1.807, 2.05) is 36.4 Å². The average Bonchev–Trinajstić information content (AvgIpc) is 2.38. The zero-order valence-corrected chi connectivity index (χ0v) is 11.9. The lowest BCUT2D eigenvalue weighted by Crippen LogP contribution is -2.10. The monoisotopic (exact) mass is 256 g/mol. The van der Waals surface area contributed by atoms with Gasteiger partial charge in [0.2, 0.25) is 0 Å². The van der Waals surface area contributed by atoms with E-state index in [0.29, 0.717) is 5.75 Å². The highest BCUT2D eigenvalue weighted by molar-refractivity contribution is 5.72. The molecule has 0 atom stereocenters. The second-order valence-corrected chi connectivity index (χ2v) is 5.71. The second-order valence-electron chi connectivity index (χ2n) is 5.71. The quantitative estimate of drug-likeness (QED) is 0.864. The maximum atomic E-state index is 10.1. The Morgan fingerprint density at radius 1 is 1.00 bits per heavy atom. The van der Waals surface area contributed by atoms with Crippen LogP contribution in [0.4, 0.5) is 0 Å². The van der Waals surface area contributed by atoms with Gasteiger partial charge in [-0.3, -0.25) is 0 Å². The molecule has 2 heteroatoms. The lowest BCUT2D eigenvalue weighted by molar-refractivity contribution is 0.415. The van der Waals surface area contributed by atoms with Gasteiger partial charge in [0, 0.05) is 5.56 Å². The molecule has 0 heterocycles. The van der Waals surface area contributed by atoms with Gasteiger partial charge in [-0.1, -0.05) is 39.0 Å². The van der Waals surface area contributed by atoms with Gasteiger partial charge in [-0.2, -0.15) is 0 Å². The molecule has 0 aliphatic rings. The Bertz CT molecular complexity index is 580. The predicted octanol–water partition coefficient (Wildman–Crippen LogP) is 4.37. The van der Waals surface area contributed by atoms with Crippen LogP contribution in [-0.2, 0) is 5.41 Å². The van der Waals surface area contributed by atoms with Gasteiger partial charge in [0.15, 0.2) is 0 Å². The van der Waals surface area contributed by atoms with Gasteiger partial charge in [0.05, 0.1) is 7.11 Å². The van der Waals surface area contributed by atoms with Crippen LogP contribution in [0.3, 0.4) is 0 Å². The summed E-state index contributed by atoms with van der Waals surface area (Å²) < 4.78 is 5.23. The van der Waals surface area contributed by atoms with Crippen LogP contribution >= 0.6 is 0 Å². The topological polar surface area (TPSA) is 29.5 Å². The van der Waals surface area contributed by atoms with Crippen molar-refractivity contribution in [2.45, 2.75) is 26.2 Å². The third-order valence-corrected chi connectivity index (χ3v) is 3.24. The molecule has 0 bridgehead atoms. The van der Waals surface area contributed by atoms with Crippen molar-refractivity contribution >= 4 is 0 Å². The van der Waals surface area contributed by atoms with E-state index in [9.17, 15) is 5.11 Å². The van der Waals surface area contributed by atoms with Crippen molar-refractivity contribution in [3.63, 3.8) is 0 Å². The number of ether oxygens (including phenoxy) is 1. The number of phenols is 1. The first-order valence-electron chi connectivity index (χ1n) is 6.40. The van der Waals surface area contributed by atoms with Gasteiger partial charge < -0.3 is 9.84 Å². The average molecular weight is 256 g/mol. The Hall–Kier alpha value is -1.96. The summed E-state index contributed by atoms with van der Waals surface area (Å²) in [6.45, 7) is 6.48. The van der Waals surface area contributed by atoms with E-state index in [1.165, 1.54) is 5.56 Å². The Kier molecular flexibility index (Phi) is 3.52. The molecule has 0 aliphatic carbocycles. The summed E-state index contributed by atoms with van der Waals surface area (Å²) in [5, 5.41) is 10.1. The Morgan fingerprint density at radius 2 is 1.74 bits per heavy atom. The first-order chi connectivity index (χ1) is 8.91. The molecule has 2 rings (SSSR count). The summed E-state index contributed by atoms with van der Waals surface area (Å²) >= 11 is 0. The molecule has 0 unspecified atom stereocenters. The normalized spacial score (nSPS) is 11.4. The summed E-state index contributed by atoms with van der Waals surface area (Å²) in [4.78, 5) is 0. The van der Waals surface area contributed by atoms with Crippen molar-refractivity contribution in [1.29, 1.82) is 0 Å². The molecule has 0 spiro atoms. The van der Waals surface area contributed by atoms with Crippen LogP contribution in [0.1, 0.15) is 26.3 Å². The molecule has 0 saturated carbocycles. The third-order valence-electron chi connectivity index (χ3n) is 3.24. The van der Waals surface area contributed by atoms with E-state index >= 15 is 0 Å². The number of phenolic OH excluding ortho intramolecular Hbond substituents is 1. The molecule has 1 N–H and O–H groups in total. The largest absolute Gasteiger partial charge is 0.507 e. The molecule has 2 aromatic rings. The van der Waals surface area contributed by atoms with E-state index in [0.717, 1.165) is 16.9 Å². The number of aromatic hydroxyl groups is 1. The number of hydrogen-bond acceptors (Lipinski definition) is 2.